The highest BCUT2D eigenvalue weighted by Crippen LogP contribution is 2.36. The fourth-order valence-corrected chi connectivity index (χ4v) is 2.86. The molecule has 0 aliphatic carbocycles. The number of hydrogen-bond donors (Lipinski definition) is 3. The van der Waals surface area contributed by atoms with Crippen molar-refractivity contribution in [2.45, 2.75) is 19.4 Å². The summed E-state index contributed by atoms with van der Waals surface area (Å²) in [6, 6.07) is 13.3. The van der Waals surface area contributed by atoms with Crippen molar-refractivity contribution in [3.05, 3.63) is 58.1 Å². The van der Waals surface area contributed by atoms with E-state index in [1.54, 1.807) is 36.4 Å². The van der Waals surface area contributed by atoms with Gasteiger partial charge in [-0.2, -0.15) is 5.26 Å². The van der Waals surface area contributed by atoms with Crippen LogP contribution in [0.15, 0.2) is 46.9 Å². The molecular weight excluding hydrogens is 400 g/mol. The Morgan fingerprint density at radius 2 is 2.00 bits per heavy atom. The fourth-order valence-electron chi connectivity index (χ4n) is 2.49. The number of nitrogens with one attached hydrogen (secondary N) is 1. The van der Waals surface area contributed by atoms with Gasteiger partial charge in [0.15, 0.2) is 0 Å². The number of nitrogens with zero attached hydrogens (tertiary/aromatic N) is 1. The summed E-state index contributed by atoms with van der Waals surface area (Å²) < 4.78 is 6.28. The largest absolute Gasteiger partial charge is 0.508 e. The lowest BCUT2D eigenvalue weighted by Crippen LogP contribution is -2.22. The minimum atomic E-state index is -0.738. The van der Waals surface area contributed by atoms with Crippen LogP contribution in [0.4, 0.5) is 10.5 Å². The minimum Gasteiger partial charge on any atom is -0.508 e. The molecule has 1 amide bonds. The average molecular weight is 419 g/mol. The molecule has 26 heavy (non-hydrogen) atoms. The minimum absolute atomic E-state index is 0.00848. The van der Waals surface area contributed by atoms with Crippen LogP contribution in [0.5, 0.6) is 5.75 Å². The number of halogens is 1. The third-order valence-corrected chi connectivity index (χ3v) is 4.39. The van der Waals surface area contributed by atoms with Gasteiger partial charge in [-0.3, -0.25) is 5.32 Å². The van der Waals surface area contributed by atoms with Crippen molar-refractivity contribution in [1.29, 1.82) is 5.26 Å². The Morgan fingerprint density at radius 3 is 2.62 bits per heavy atom. The Hall–Kier alpha value is -2.56. The van der Waals surface area contributed by atoms with E-state index in [2.05, 4.69) is 21.2 Å². The molecular formula is C19H19BrN2O4. The first-order valence-corrected chi connectivity index (χ1v) is 8.81. The number of ether oxygens (including phenoxy) is 1. The Bertz CT molecular complexity index is 802. The van der Waals surface area contributed by atoms with E-state index in [-0.39, 0.29) is 18.3 Å². The van der Waals surface area contributed by atoms with Gasteiger partial charge >= 0.3 is 6.09 Å². The molecule has 0 aliphatic heterocycles. The van der Waals surface area contributed by atoms with E-state index in [4.69, 9.17) is 10.00 Å². The molecule has 0 aliphatic rings. The summed E-state index contributed by atoms with van der Waals surface area (Å²) in [5.74, 6) is -0.207. The number of carbonyl (C=O) groups excluding carboxylic acids is 1. The van der Waals surface area contributed by atoms with E-state index in [0.29, 0.717) is 23.2 Å². The topological polar surface area (TPSA) is 103 Å². The van der Waals surface area contributed by atoms with E-state index in [1.165, 1.54) is 6.07 Å². The van der Waals surface area contributed by atoms with Gasteiger partial charge in [-0.25, -0.2) is 4.79 Å². The van der Waals surface area contributed by atoms with E-state index < -0.39 is 12.2 Å². The number of nitriles is 1. The predicted octanol–water partition coefficient (Wildman–Crippen LogP) is 4.33. The van der Waals surface area contributed by atoms with Crippen molar-refractivity contribution in [3.8, 4) is 11.8 Å². The van der Waals surface area contributed by atoms with Crippen LogP contribution in [-0.2, 0) is 4.74 Å². The molecule has 0 bridgehead atoms. The lowest BCUT2D eigenvalue weighted by molar-refractivity contribution is 0.0652. The third kappa shape index (κ3) is 5.22. The third-order valence-electron chi connectivity index (χ3n) is 3.89. The summed E-state index contributed by atoms with van der Waals surface area (Å²) >= 11 is 3.34. The van der Waals surface area contributed by atoms with Crippen LogP contribution in [0.25, 0.3) is 0 Å². The van der Waals surface area contributed by atoms with Crippen LogP contribution in [0, 0.1) is 17.2 Å². The highest BCUT2D eigenvalue weighted by atomic mass is 79.9. The van der Waals surface area contributed by atoms with Gasteiger partial charge < -0.3 is 14.9 Å². The maximum atomic E-state index is 12.3. The second-order valence-electron chi connectivity index (χ2n) is 5.83. The molecule has 7 heteroatoms. The monoisotopic (exact) mass is 418 g/mol. The fraction of sp³-hybridized carbons (Fsp3) is 0.263. The average Bonchev–Trinajstić information content (AvgIpc) is 2.62. The maximum absolute atomic E-state index is 12.3. The number of aliphatic hydroxyl groups is 1. The van der Waals surface area contributed by atoms with Gasteiger partial charge in [0, 0.05) is 22.3 Å². The number of phenolic OH excluding ortho intramolecular Hbond substituents is 1. The van der Waals surface area contributed by atoms with Gasteiger partial charge in [0.1, 0.15) is 11.9 Å². The van der Waals surface area contributed by atoms with E-state index in [1.807, 2.05) is 13.0 Å². The number of rotatable bonds is 6. The molecule has 0 heterocycles. The number of amides is 1. The molecule has 2 rings (SSSR count). The highest BCUT2D eigenvalue weighted by Gasteiger charge is 2.26. The standard InChI is InChI=1S/C19H19BrN2O4/c1-12(8-9-23)18(16-10-14(20)4-7-17(16)24)26-19(25)22-15-5-2-13(11-21)3-6-15/h2-7,10,12,18,23-24H,8-9H2,1H3,(H,22,25)/t12-,18-/m0/s1. The van der Waals surface area contributed by atoms with Crippen LogP contribution < -0.4 is 5.32 Å². The zero-order chi connectivity index (χ0) is 19.1. The quantitative estimate of drug-likeness (QED) is 0.647. The highest BCUT2D eigenvalue weighted by molar-refractivity contribution is 9.10. The number of anilines is 1. The van der Waals surface area contributed by atoms with Crippen molar-refractivity contribution in [3.63, 3.8) is 0 Å². The number of phenols is 1. The summed E-state index contributed by atoms with van der Waals surface area (Å²) in [5.41, 5.74) is 1.42. The summed E-state index contributed by atoms with van der Waals surface area (Å²) in [6.07, 6.45) is -1.03. The van der Waals surface area contributed by atoms with Gasteiger partial charge in [0.25, 0.3) is 0 Å². The number of aliphatic hydroxyl groups excluding tert-OH is 1. The van der Waals surface area contributed by atoms with Crippen LogP contribution in [0.1, 0.15) is 30.6 Å². The molecule has 0 aromatic heterocycles. The summed E-state index contributed by atoms with van der Waals surface area (Å²) in [5, 5.41) is 30.8. The Labute approximate surface area is 160 Å². The van der Waals surface area contributed by atoms with Crippen molar-refractivity contribution in [2.75, 3.05) is 11.9 Å². The van der Waals surface area contributed by atoms with E-state index >= 15 is 0 Å². The zero-order valence-electron chi connectivity index (χ0n) is 14.1. The van der Waals surface area contributed by atoms with Gasteiger partial charge in [-0.1, -0.05) is 22.9 Å². The Balaban J connectivity index is 2.18. The second kappa shape index (κ2) is 9.22. The molecule has 0 radical (unpaired) electrons. The Kier molecular flexibility index (Phi) is 7.01. The summed E-state index contributed by atoms with van der Waals surface area (Å²) in [6.45, 7) is 1.77. The van der Waals surface area contributed by atoms with E-state index in [0.717, 1.165) is 4.47 Å². The van der Waals surface area contributed by atoms with Crippen LogP contribution in [0.2, 0.25) is 0 Å². The van der Waals surface area contributed by atoms with Gasteiger partial charge in [0.2, 0.25) is 0 Å². The molecule has 0 spiro atoms. The van der Waals surface area contributed by atoms with E-state index in [9.17, 15) is 15.0 Å². The van der Waals surface area contributed by atoms with Crippen LogP contribution in [-0.4, -0.2) is 22.9 Å². The number of benzene rings is 2. The summed E-state index contributed by atoms with van der Waals surface area (Å²) in [7, 11) is 0. The normalized spacial score (nSPS) is 12.7. The predicted molar refractivity (Wildman–Crippen MR) is 101 cm³/mol. The van der Waals surface area contributed by atoms with Crippen LogP contribution >= 0.6 is 15.9 Å². The lowest BCUT2D eigenvalue weighted by Gasteiger charge is -2.25. The van der Waals surface area contributed by atoms with Crippen LogP contribution in [0.3, 0.4) is 0 Å². The Morgan fingerprint density at radius 1 is 1.31 bits per heavy atom. The molecule has 136 valence electrons. The van der Waals surface area contributed by atoms with Crippen molar-refractivity contribution in [1.82, 2.24) is 0 Å². The molecule has 2 aromatic carbocycles. The maximum Gasteiger partial charge on any atom is 0.412 e. The van der Waals surface area contributed by atoms with Crippen molar-refractivity contribution in [2.24, 2.45) is 5.92 Å². The molecule has 0 fully saturated rings. The molecule has 3 N–H and O–H groups in total. The molecule has 2 atom stereocenters. The molecule has 2 aromatic rings. The smallest absolute Gasteiger partial charge is 0.412 e. The van der Waals surface area contributed by atoms with Gasteiger partial charge in [-0.05, 0) is 54.8 Å². The molecule has 6 nitrogen and oxygen atoms in total. The number of aromatic hydroxyl groups is 1. The zero-order valence-corrected chi connectivity index (χ0v) is 15.7. The molecule has 0 saturated heterocycles. The second-order valence-corrected chi connectivity index (χ2v) is 6.75. The van der Waals surface area contributed by atoms with Gasteiger partial charge in [-0.15, -0.1) is 0 Å². The van der Waals surface area contributed by atoms with Crippen molar-refractivity contribution < 1.29 is 19.7 Å². The number of carbonyl (C=O) groups is 1. The summed E-state index contributed by atoms with van der Waals surface area (Å²) in [4.78, 5) is 12.3. The first-order chi connectivity index (χ1) is 12.4. The number of hydrogen-bond acceptors (Lipinski definition) is 5. The lowest BCUT2D eigenvalue weighted by atomic mass is 9.94. The first-order valence-electron chi connectivity index (χ1n) is 8.01. The first kappa shape index (κ1) is 19.8. The van der Waals surface area contributed by atoms with Crippen molar-refractivity contribution >= 4 is 27.7 Å². The molecule has 0 saturated carbocycles. The SMILES string of the molecule is C[C@@H](CCO)[C@H](OC(=O)Nc1ccc(C#N)cc1)c1cc(Br)ccc1O. The van der Waals surface area contributed by atoms with Gasteiger partial charge in [0.05, 0.1) is 11.6 Å². The molecule has 0 unspecified atom stereocenters.